The van der Waals surface area contributed by atoms with Gasteiger partial charge >= 0.3 is 0 Å². The van der Waals surface area contributed by atoms with Crippen molar-refractivity contribution in [2.24, 2.45) is 5.92 Å². The van der Waals surface area contributed by atoms with Crippen molar-refractivity contribution in [3.8, 4) is 0 Å². The van der Waals surface area contributed by atoms with Crippen LogP contribution >= 0.6 is 0 Å². The molecule has 0 aliphatic rings. The number of non-ortho nitro benzene ring substituents is 1. The Hall–Kier alpha value is -4.25. The van der Waals surface area contributed by atoms with Gasteiger partial charge in [0.1, 0.15) is 12.6 Å². The lowest BCUT2D eigenvalue weighted by Gasteiger charge is -2.32. The molecule has 206 valence electrons. The summed E-state index contributed by atoms with van der Waals surface area (Å²) >= 11 is 0. The third-order valence-corrected chi connectivity index (χ3v) is 7.79. The highest BCUT2D eigenvalue weighted by molar-refractivity contribution is 7.92. The normalized spacial score (nSPS) is 12.0. The number of nitro groups is 1. The molecule has 3 aromatic rings. The Bertz CT molecular complexity index is 1380. The maximum Gasteiger partial charge on any atom is 0.269 e. The number of anilines is 1. The van der Waals surface area contributed by atoms with Crippen LogP contribution in [-0.2, 0) is 26.2 Å². The predicted octanol–water partition coefficient (Wildman–Crippen LogP) is 3.98. The van der Waals surface area contributed by atoms with Crippen LogP contribution in [0.3, 0.4) is 0 Å². The number of rotatable bonds is 12. The Balaban J connectivity index is 2.00. The summed E-state index contributed by atoms with van der Waals surface area (Å²) in [5.74, 6) is -0.766. The van der Waals surface area contributed by atoms with Crippen LogP contribution in [0.2, 0.25) is 0 Å². The van der Waals surface area contributed by atoms with Crippen molar-refractivity contribution in [2.75, 3.05) is 17.4 Å². The summed E-state index contributed by atoms with van der Waals surface area (Å²) in [4.78, 5) is 38.6. The maximum atomic E-state index is 13.8. The van der Waals surface area contributed by atoms with Crippen molar-refractivity contribution in [3.05, 3.63) is 101 Å². The van der Waals surface area contributed by atoms with Crippen LogP contribution in [0, 0.1) is 16.0 Å². The first-order chi connectivity index (χ1) is 18.5. The van der Waals surface area contributed by atoms with Crippen molar-refractivity contribution < 1.29 is 22.9 Å². The second-order valence-corrected chi connectivity index (χ2v) is 11.3. The number of benzene rings is 3. The molecule has 1 N–H and O–H groups in total. The van der Waals surface area contributed by atoms with Crippen LogP contribution in [0.15, 0.2) is 89.8 Å². The summed E-state index contributed by atoms with van der Waals surface area (Å²) in [5, 5.41) is 14.0. The molecule has 0 heterocycles. The lowest BCUT2D eigenvalue weighted by Crippen LogP contribution is -2.51. The molecule has 11 heteroatoms. The third kappa shape index (κ3) is 7.64. The molecule has 0 bridgehead atoms. The van der Waals surface area contributed by atoms with E-state index < -0.39 is 33.4 Å². The Morgan fingerprint density at radius 2 is 1.46 bits per heavy atom. The van der Waals surface area contributed by atoms with Crippen LogP contribution in [0.25, 0.3) is 0 Å². The summed E-state index contributed by atoms with van der Waals surface area (Å²) in [6.07, 6.45) is 0. The smallest absolute Gasteiger partial charge is 0.269 e. The van der Waals surface area contributed by atoms with E-state index in [1.807, 2.05) is 44.2 Å². The Labute approximate surface area is 228 Å². The fourth-order valence-electron chi connectivity index (χ4n) is 3.80. The third-order valence-electron chi connectivity index (χ3n) is 6.01. The Morgan fingerprint density at radius 3 is 2.00 bits per heavy atom. The van der Waals surface area contributed by atoms with E-state index in [0.29, 0.717) is 6.54 Å². The second-order valence-electron chi connectivity index (χ2n) is 9.42. The lowest BCUT2D eigenvalue weighted by molar-refractivity contribution is -0.384. The van der Waals surface area contributed by atoms with Gasteiger partial charge in [0.05, 0.1) is 15.5 Å². The van der Waals surface area contributed by atoms with Crippen molar-refractivity contribution in [1.82, 2.24) is 10.2 Å². The molecule has 0 fully saturated rings. The first kappa shape index (κ1) is 29.3. The number of hydrogen-bond donors (Lipinski definition) is 1. The van der Waals surface area contributed by atoms with E-state index in [9.17, 15) is 28.1 Å². The van der Waals surface area contributed by atoms with Crippen molar-refractivity contribution in [2.45, 2.75) is 38.3 Å². The zero-order chi connectivity index (χ0) is 28.6. The van der Waals surface area contributed by atoms with Gasteiger partial charge < -0.3 is 10.2 Å². The largest absolute Gasteiger partial charge is 0.354 e. The number of sulfonamides is 1. The minimum Gasteiger partial charge on any atom is -0.354 e. The molecule has 3 rings (SSSR count). The Morgan fingerprint density at radius 1 is 0.897 bits per heavy atom. The first-order valence-electron chi connectivity index (χ1n) is 12.4. The van der Waals surface area contributed by atoms with Crippen LogP contribution in [0.5, 0.6) is 0 Å². The SMILES string of the molecule is CC(C)CNC(=O)C(C)N(Cc1ccccc1)C(=O)CN(c1ccc([N+](=O)[O-])cc1)S(=O)(=O)c1ccccc1. The van der Waals surface area contributed by atoms with Crippen molar-refractivity contribution in [3.63, 3.8) is 0 Å². The van der Waals surface area contributed by atoms with Gasteiger partial charge in [-0.15, -0.1) is 0 Å². The van der Waals surface area contributed by atoms with Crippen molar-refractivity contribution >= 4 is 33.2 Å². The average molecular weight is 553 g/mol. The van der Waals surface area contributed by atoms with E-state index in [-0.39, 0.29) is 34.6 Å². The lowest BCUT2D eigenvalue weighted by atomic mass is 10.1. The van der Waals surface area contributed by atoms with Crippen LogP contribution in [-0.4, -0.2) is 49.2 Å². The second kappa shape index (κ2) is 13.0. The molecular weight excluding hydrogens is 520 g/mol. The van der Waals surface area contributed by atoms with Crippen molar-refractivity contribution in [1.29, 1.82) is 0 Å². The fourth-order valence-corrected chi connectivity index (χ4v) is 5.24. The van der Waals surface area contributed by atoms with Crippen LogP contribution in [0.4, 0.5) is 11.4 Å². The van der Waals surface area contributed by atoms with Crippen LogP contribution < -0.4 is 9.62 Å². The molecule has 0 aliphatic heterocycles. The zero-order valence-corrected chi connectivity index (χ0v) is 22.9. The first-order valence-corrected chi connectivity index (χ1v) is 13.9. The van der Waals surface area contributed by atoms with E-state index in [2.05, 4.69) is 5.32 Å². The molecule has 39 heavy (non-hydrogen) atoms. The minimum atomic E-state index is -4.24. The number of amides is 2. The number of nitrogens with one attached hydrogen (secondary N) is 1. The molecule has 0 saturated heterocycles. The standard InChI is InChI=1S/C28H32N4O6S/c1-21(2)18-29-28(34)22(3)30(19-23-10-6-4-7-11-23)27(33)20-31(24-14-16-25(17-15-24)32(35)36)39(37,38)26-12-8-5-9-13-26/h4-17,21-22H,18-20H2,1-3H3,(H,29,34). The predicted molar refractivity (Wildman–Crippen MR) is 148 cm³/mol. The average Bonchev–Trinajstić information content (AvgIpc) is 2.93. The molecule has 0 aromatic heterocycles. The van der Waals surface area contributed by atoms with Gasteiger partial charge in [0.2, 0.25) is 11.8 Å². The summed E-state index contributed by atoms with van der Waals surface area (Å²) in [5.41, 5.74) is 0.625. The monoisotopic (exact) mass is 552 g/mol. The molecule has 3 aromatic carbocycles. The Kier molecular flexibility index (Phi) is 9.78. The molecule has 0 aliphatic carbocycles. The highest BCUT2D eigenvalue weighted by Gasteiger charge is 2.32. The van der Waals surface area contributed by atoms with E-state index in [0.717, 1.165) is 9.87 Å². The highest BCUT2D eigenvalue weighted by Crippen LogP contribution is 2.26. The number of carbonyl (C=O) groups excluding carboxylic acids is 2. The summed E-state index contributed by atoms with van der Waals surface area (Å²) in [6.45, 7) is 5.38. The molecule has 0 spiro atoms. The van der Waals surface area contributed by atoms with Gasteiger partial charge in [0, 0.05) is 25.2 Å². The maximum absolute atomic E-state index is 13.8. The molecule has 1 unspecified atom stereocenters. The van der Waals surface area contributed by atoms with Crippen LogP contribution in [0.1, 0.15) is 26.3 Å². The summed E-state index contributed by atoms with van der Waals surface area (Å²) in [6, 6.07) is 20.7. The molecular formula is C28H32N4O6S. The molecule has 2 amide bonds. The van der Waals surface area contributed by atoms with Gasteiger partial charge in [0.25, 0.3) is 15.7 Å². The quantitative estimate of drug-likeness (QED) is 0.267. The van der Waals surface area contributed by atoms with Gasteiger partial charge in [-0.3, -0.25) is 24.0 Å². The number of nitro benzene ring substituents is 1. The van der Waals surface area contributed by atoms with Gasteiger partial charge in [-0.25, -0.2) is 8.42 Å². The van der Waals surface area contributed by atoms with Gasteiger partial charge in [-0.05, 0) is 42.7 Å². The molecule has 10 nitrogen and oxygen atoms in total. The topological polar surface area (TPSA) is 130 Å². The molecule has 1 atom stereocenters. The van der Waals surface area contributed by atoms with E-state index >= 15 is 0 Å². The highest BCUT2D eigenvalue weighted by atomic mass is 32.2. The zero-order valence-electron chi connectivity index (χ0n) is 22.1. The number of carbonyl (C=O) groups is 2. The molecule has 0 saturated carbocycles. The van der Waals surface area contributed by atoms with E-state index in [1.165, 1.54) is 41.3 Å². The van der Waals surface area contributed by atoms with E-state index in [1.54, 1.807) is 25.1 Å². The summed E-state index contributed by atoms with van der Waals surface area (Å²) in [7, 11) is -4.24. The van der Waals surface area contributed by atoms with Gasteiger partial charge in [0.15, 0.2) is 0 Å². The molecule has 0 radical (unpaired) electrons. The summed E-state index contributed by atoms with van der Waals surface area (Å²) < 4.78 is 28.3. The van der Waals surface area contributed by atoms with E-state index in [4.69, 9.17) is 0 Å². The van der Waals surface area contributed by atoms with Gasteiger partial charge in [-0.2, -0.15) is 0 Å². The number of nitrogens with zero attached hydrogens (tertiary/aromatic N) is 3. The minimum absolute atomic E-state index is 0.0477. The van der Waals surface area contributed by atoms with Gasteiger partial charge in [-0.1, -0.05) is 62.4 Å². The number of hydrogen-bond acceptors (Lipinski definition) is 6. The fraction of sp³-hybridized carbons (Fsp3) is 0.286.